The van der Waals surface area contributed by atoms with Crippen LogP contribution in [0.1, 0.15) is 12.8 Å². The monoisotopic (exact) mass is 343 g/mol. The minimum atomic E-state index is -3.71. The van der Waals surface area contributed by atoms with Crippen molar-refractivity contribution in [1.82, 2.24) is 4.72 Å². The maximum absolute atomic E-state index is 12.4. The topological polar surface area (TPSA) is 120 Å². The van der Waals surface area contributed by atoms with Crippen LogP contribution >= 0.6 is 0 Å². The second kappa shape index (κ2) is 7.26. The Bertz CT molecular complexity index is 673. The summed E-state index contributed by atoms with van der Waals surface area (Å²) in [4.78, 5) is 11.9. The Labute approximate surface area is 135 Å². The summed E-state index contributed by atoms with van der Waals surface area (Å²) < 4.78 is 37.3. The Morgan fingerprint density at radius 2 is 2.09 bits per heavy atom. The van der Waals surface area contributed by atoms with E-state index in [2.05, 4.69) is 10.0 Å². The molecule has 1 aromatic carbocycles. The molecule has 0 aromatic heterocycles. The number of nitrogens with one attached hydrogen (secondary N) is 2. The molecule has 0 saturated heterocycles. The van der Waals surface area contributed by atoms with Crippen LogP contribution in [-0.2, 0) is 19.6 Å². The van der Waals surface area contributed by atoms with Crippen LogP contribution in [0, 0.1) is 0 Å². The Hall–Kier alpha value is -1.68. The molecule has 0 radical (unpaired) electrons. The van der Waals surface area contributed by atoms with Gasteiger partial charge in [-0.15, -0.1) is 0 Å². The van der Waals surface area contributed by atoms with Crippen LogP contribution in [-0.4, -0.2) is 47.2 Å². The highest BCUT2D eigenvalue weighted by Gasteiger charge is 2.30. The number of benzene rings is 1. The number of ether oxygens (including phenoxy) is 2. The molecular formula is C14H21N3O5S. The number of methoxy groups -OCH3 is 2. The zero-order valence-corrected chi connectivity index (χ0v) is 13.9. The van der Waals surface area contributed by atoms with E-state index in [0.717, 1.165) is 12.8 Å². The second-order valence-corrected chi connectivity index (χ2v) is 6.99. The van der Waals surface area contributed by atoms with Crippen molar-refractivity contribution in [2.75, 3.05) is 26.1 Å². The van der Waals surface area contributed by atoms with Crippen molar-refractivity contribution >= 4 is 21.6 Å². The van der Waals surface area contributed by atoms with E-state index < -0.39 is 22.0 Å². The van der Waals surface area contributed by atoms with Gasteiger partial charge in [0.1, 0.15) is 16.7 Å². The summed E-state index contributed by atoms with van der Waals surface area (Å²) in [5.41, 5.74) is 5.96. The molecule has 9 heteroatoms. The van der Waals surface area contributed by atoms with Crippen molar-refractivity contribution in [3.63, 3.8) is 0 Å². The van der Waals surface area contributed by atoms with Gasteiger partial charge in [0, 0.05) is 18.8 Å². The molecule has 1 saturated carbocycles. The van der Waals surface area contributed by atoms with Crippen LogP contribution in [0.15, 0.2) is 23.1 Å². The van der Waals surface area contributed by atoms with Crippen molar-refractivity contribution in [2.24, 2.45) is 5.73 Å². The third-order valence-electron chi connectivity index (χ3n) is 3.30. The maximum Gasteiger partial charge on any atom is 0.244 e. The van der Waals surface area contributed by atoms with Crippen molar-refractivity contribution < 1.29 is 22.7 Å². The van der Waals surface area contributed by atoms with Crippen LogP contribution in [0.2, 0.25) is 0 Å². The van der Waals surface area contributed by atoms with Gasteiger partial charge in [-0.25, -0.2) is 13.1 Å². The number of sulfonamides is 1. The summed E-state index contributed by atoms with van der Waals surface area (Å²) in [5.74, 6) is -0.257. The van der Waals surface area contributed by atoms with Gasteiger partial charge in [-0.1, -0.05) is 0 Å². The highest BCUT2D eigenvalue weighted by atomic mass is 32.2. The first-order valence-electron chi connectivity index (χ1n) is 7.13. The van der Waals surface area contributed by atoms with E-state index in [4.69, 9.17) is 15.2 Å². The molecule has 4 N–H and O–H groups in total. The molecule has 1 amide bonds. The molecule has 1 aliphatic carbocycles. The summed E-state index contributed by atoms with van der Waals surface area (Å²) in [5, 5.41) is 2.57. The Kier molecular flexibility index (Phi) is 5.58. The lowest BCUT2D eigenvalue weighted by atomic mass is 10.2. The average molecular weight is 343 g/mol. The van der Waals surface area contributed by atoms with Gasteiger partial charge in [-0.2, -0.15) is 0 Å². The number of hydrogen-bond donors (Lipinski definition) is 3. The van der Waals surface area contributed by atoms with Gasteiger partial charge in [0.15, 0.2) is 0 Å². The smallest absolute Gasteiger partial charge is 0.244 e. The molecule has 128 valence electrons. The summed E-state index contributed by atoms with van der Waals surface area (Å²) >= 11 is 0. The maximum atomic E-state index is 12.4. The largest absolute Gasteiger partial charge is 0.495 e. The van der Waals surface area contributed by atoms with E-state index >= 15 is 0 Å². The first kappa shape index (κ1) is 17.7. The third kappa shape index (κ3) is 4.64. The summed E-state index contributed by atoms with van der Waals surface area (Å²) in [6, 6.07) is 3.51. The highest BCUT2D eigenvalue weighted by molar-refractivity contribution is 7.89. The molecule has 1 atom stereocenters. The Balaban J connectivity index is 2.22. The number of hydrogen-bond acceptors (Lipinski definition) is 6. The lowest BCUT2D eigenvalue weighted by molar-refractivity contribution is -0.118. The minimum Gasteiger partial charge on any atom is -0.495 e. The molecule has 8 nitrogen and oxygen atoms in total. The molecule has 1 fully saturated rings. The Morgan fingerprint density at radius 1 is 1.39 bits per heavy atom. The molecule has 0 aliphatic heterocycles. The van der Waals surface area contributed by atoms with Crippen LogP contribution in [0.5, 0.6) is 5.75 Å². The number of amides is 1. The van der Waals surface area contributed by atoms with E-state index in [1.807, 2.05) is 0 Å². The predicted octanol–water partition coefficient (Wildman–Crippen LogP) is 0.0481. The molecule has 1 unspecified atom stereocenters. The lowest BCUT2D eigenvalue weighted by Crippen LogP contribution is -2.39. The van der Waals surface area contributed by atoms with Crippen molar-refractivity contribution in [2.45, 2.75) is 29.8 Å². The number of carbonyl (C=O) groups is 1. The molecule has 1 aliphatic rings. The van der Waals surface area contributed by atoms with Gasteiger partial charge < -0.3 is 20.5 Å². The van der Waals surface area contributed by atoms with E-state index in [9.17, 15) is 13.2 Å². The fourth-order valence-corrected chi connectivity index (χ4v) is 3.44. The normalized spacial score (nSPS) is 16.0. The summed E-state index contributed by atoms with van der Waals surface area (Å²) in [6.45, 7) is 0.0659. The van der Waals surface area contributed by atoms with Crippen LogP contribution in [0.3, 0.4) is 0 Å². The van der Waals surface area contributed by atoms with E-state index in [-0.39, 0.29) is 23.3 Å². The third-order valence-corrected chi connectivity index (χ3v) is 4.84. The summed E-state index contributed by atoms with van der Waals surface area (Å²) in [7, 11) is -0.884. The molecule has 0 spiro atoms. The average Bonchev–Trinajstić information content (AvgIpc) is 3.30. The lowest BCUT2D eigenvalue weighted by Gasteiger charge is -2.14. The number of carbonyl (C=O) groups excluding carboxylic acids is 1. The molecule has 0 heterocycles. The standard InChI is InChI=1S/C14H21N3O5S/c1-21-8-11(15)14(18)16-10-5-6-12(22-2)13(7-10)23(19,20)17-9-3-4-9/h5-7,9,11,17H,3-4,8,15H2,1-2H3,(H,16,18). The quantitative estimate of drug-likeness (QED) is 0.613. The second-order valence-electron chi connectivity index (χ2n) is 5.31. The van der Waals surface area contributed by atoms with Gasteiger partial charge in [0.2, 0.25) is 15.9 Å². The fraction of sp³-hybridized carbons (Fsp3) is 0.500. The number of rotatable bonds is 8. The van der Waals surface area contributed by atoms with Crippen LogP contribution < -0.4 is 20.5 Å². The number of anilines is 1. The SMILES string of the molecule is COCC(N)C(=O)Nc1ccc(OC)c(S(=O)(=O)NC2CC2)c1. The first-order chi connectivity index (χ1) is 10.9. The van der Waals surface area contributed by atoms with Crippen molar-refractivity contribution in [3.8, 4) is 5.75 Å². The van der Waals surface area contributed by atoms with Gasteiger partial charge in [-0.05, 0) is 31.0 Å². The first-order valence-corrected chi connectivity index (χ1v) is 8.61. The van der Waals surface area contributed by atoms with Gasteiger partial charge in [0.05, 0.1) is 13.7 Å². The Morgan fingerprint density at radius 3 is 2.65 bits per heavy atom. The minimum absolute atomic E-state index is 0.0231. The molecule has 1 aromatic rings. The fourth-order valence-electron chi connectivity index (χ4n) is 1.94. The summed E-state index contributed by atoms with van der Waals surface area (Å²) in [6.07, 6.45) is 1.65. The van der Waals surface area contributed by atoms with Crippen molar-refractivity contribution in [1.29, 1.82) is 0 Å². The van der Waals surface area contributed by atoms with Gasteiger partial charge in [0.25, 0.3) is 0 Å². The zero-order valence-electron chi connectivity index (χ0n) is 13.0. The van der Waals surface area contributed by atoms with E-state index in [1.54, 1.807) is 6.07 Å². The van der Waals surface area contributed by atoms with Gasteiger partial charge in [-0.3, -0.25) is 4.79 Å². The molecule has 23 heavy (non-hydrogen) atoms. The zero-order chi connectivity index (χ0) is 17.0. The highest BCUT2D eigenvalue weighted by Crippen LogP contribution is 2.29. The van der Waals surface area contributed by atoms with Gasteiger partial charge >= 0.3 is 0 Å². The van der Waals surface area contributed by atoms with E-state index in [1.165, 1.54) is 26.4 Å². The number of nitrogens with two attached hydrogens (primary N) is 1. The molecule has 0 bridgehead atoms. The predicted molar refractivity (Wildman–Crippen MR) is 84.8 cm³/mol. The van der Waals surface area contributed by atoms with E-state index in [0.29, 0.717) is 5.69 Å². The van der Waals surface area contributed by atoms with Crippen LogP contribution in [0.4, 0.5) is 5.69 Å². The molecular weight excluding hydrogens is 322 g/mol. The molecule has 2 rings (SSSR count). The van der Waals surface area contributed by atoms with Crippen molar-refractivity contribution in [3.05, 3.63) is 18.2 Å². The van der Waals surface area contributed by atoms with Crippen LogP contribution in [0.25, 0.3) is 0 Å².